The third-order valence-electron chi connectivity index (χ3n) is 7.25. The van der Waals surface area contributed by atoms with E-state index in [1.54, 1.807) is 7.11 Å². The maximum Gasteiger partial charge on any atom is 0.241 e. The fourth-order valence-corrected chi connectivity index (χ4v) is 5.31. The zero-order valence-electron chi connectivity index (χ0n) is 18.1. The van der Waals surface area contributed by atoms with Gasteiger partial charge in [0.1, 0.15) is 5.75 Å². The van der Waals surface area contributed by atoms with Crippen LogP contribution in [0.15, 0.2) is 24.3 Å². The summed E-state index contributed by atoms with van der Waals surface area (Å²) in [6.45, 7) is 3.66. The topological polar surface area (TPSA) is 66.9 Å². The van der Waals surface area contributed by atoms with Gasteiger partial charge < -0.3 is 9.64 Å². The van der Waals surface area contributed by atoms with Crippen molar-refractivity contribution in [1.29, 1.82) is 0 Å². The first kappa shape index (κ1) is 20.9. The van der Waals surface area contributed by atoms with Crippen molar-refractivity contribution in [1.82, 2.24) is 9.80 Å². The van der Waals surface area contributed by atoms with E-state index < -0.39 is 5.41 Å². The average Bonchev–Trinajstić information content (AvgIpc) is 3.35. The molecule has 0 radical (unpaired) electrons. The van der Waals surface area contributed by atoms with Gasteiger partial charge >= 0.3 is 0 Å². The highest BCUT2D eigenvalue weighted by atomic mass is 16.5. The van der Waals surface area contributed by atoms with Crippen LogP contribution in [0.3, 0.4) is 0 Å². The number of piperidine rings is 1. The highest BCUT2D eigenvalue weighted by Gasteiger charge is 2.56. The maximum atomic E-state index is 13.8. The molecule has 1 saturated carbocycles. The van der Waals surface area contributed by atoms with Gasteiger partial charge in [-0.25, -0.2) is 0 Å². The number of hydrogen-bond acceptors (Lipinski definition) is 4. The van der Waals surface area contributed by atoms with Crippen molar-refractivity contribution < 1.29 is 19.1 Å². The van der Waals surface area contributed by atoms with Crippen molar-refractivity contribution in [2.45, 2.75) is 69.7 Å². The number of hydrogen-bond donors (Lipinski definition) is 0. The number of carbonyl (C=O) groups is 3. The number of amides is 3. The van der Waals surface area contributed by atoms with Crippen LogP contribution in [-0.2, 0) is 19.8 Å². The van der Waals surface area contributed by atoms with E-state index in [-0.39, 0.29) is 36.6 Å². The largest absolute Gasteiger partial charge is 0.497 e. The normalized spacial score (nSPS) is 25.9. The van der Waals surface area contributed by atoms with Crippen LogP contribution >= 0.6 is 0 Å². The van der Waals surface area contributed by atoms with Crippen LogP contribution < -0.4 is 4.74 Å². The van der Waals surface area contributed by atoms with E-state index in [2.05, 4.69) is 6.92 Å². The second-order valence-electron chi connectivity index (χ2n) is 9.24. The predicted molar refractivity (Wildman–Crippen MR) is 113 cm³/mol. The van der Waals surface area contributed by atoms with Crippen LogP contribution in [0.4, 0.5) is 0 Å². The SMILES string of the molecule is COc1cccc(C2(CC(=O)N3CCC(C)CC3)CC(=O)N(C3CCCC3)C2=O)c1. The van der Waals surface area contributed by atoms with Crippen LogP contribution in [0.1, 0.15) is 63.9 Å². The minimum absolute atomic E-state index is 0.0246. The monoisotopic (exact) mass is 412 g/mol. The number of ether oxygens (including phenoxy) is 1. The standard InChI is InChI=1S/C24H32N2O4/c1-17-10-12-25(13-11-17)21(27)15-24(18-6-5-9-20(14-18)30-2)16-22(28)26(23(24)29)19-7-3-4-8-19/h5-6,9,14,17,19H,3-4,7-8,10-13,15-16H2,1-2H3. The fraction of sp³-hybridized carbons (Fsp3) is 0.625. The number of rotatable bonds is 5. The second-order valence-corrected chi connectivity index (χ2v) is 9.24. The second kappa shape index (κ2) is 8.40. The van der Waals surface area contributed by atoms with Gasteiger partial charge in [-0.15, -0.1) is 0 Å². The van der Waals surface area contributed by atoms with Crippen molar-refractivity contribution in [2.75, 3.05) is 20.2 Å². The molecular weight excluding hydrogens is 380 g/mol. The van der Waals surface area contributed by atoms with E-state index in [4.69, 9.17) is 4.74 Å². The summed E-state index contributed by atoms with van der Waals surface area (Å²) in [6.07, 6.45) is 5.89. The lowest BCUT2D eigenvalue weighted by Crippen LogP contribution is -2.47. The molecule has 2 heterocycles. The molecule has 6 heteroatoms. The van der Waals surface area contributed by atoms with Crippen molar-refractivity contribution in [3.05, 3.63) is 29.8 Å². The van der Waals surface area contributed by atoms with Crippen LogP contribution in [0.2, 0.25) is 0 Å². The summed E-state index contributed by atoms with van der Waals surface area (Å²) in [5.74, 6) is 0.875. The molecule has 1 aliphatic carbocycles. The molecule has 0 bridgehead atoms. The predicted octanol–water partition coefficient (Wildman–Crippen LogP) is 3.28. The molecule has 3 aliphatic rings. The van der Waals surface area contributed by atoms with Crippen molar-refractivity contribution in [2.24, 2.45) is 5.92 Å². The first-order chi connectivity index (χ1) is 14.4. The Labute approximate surface area is 178 Å². The summed E-state index contributed by atoms with van der Waals surface area (Å²) in [7, 11) is 1.58. The van der Waals surface area contributed by atoms with Gasteiger partial charge in [-0.05, 0) is 49.3 Å². The molecule has 1 atom stereocenters. The molecule has 2 saturated heterocycles. The molecular formula is C24H32N2O4. The minimum Gasteiger partial charge on any atom is -0.497 e. The van der Waals surface area contributed by atoms with Gasteiger partial charge in [0.2, 0.25) is 17.7 Å². The Bertz CT molecular complexity index is 824. The van der Waals surface area contributed by atoms with Gasteiger partial charge in [0.15, 0.2) is 0 Å². The number of carbonyl (C=O) groups excluding carboxylic acids is 3. The van der Waals surface area contributed by atoms with Gasteiger partial charge in [0, 0.05) is 32.0 Å². The Morgan fingerprint density at radius 1 is 1.13 bits per heavy atom. The zero-order valence-corrected chi connectivity index (χ0v) is 18.1. The van der Waals surface area contributed by atoms with Crippen molar-refractivity contribution >= 4 is 17.7 Å². The van der Waals surface area contributed by atoms with E-state index in [9.17, 15) is 14.4 Å². The van der Waals surface area contributed by atoms with Crippen LogP contribution in [0.5, 0.6) is 5.75 Å². The zero-order chi connectivity index (χ0) is 21.3. The van der Waals surface area contributed by atoms with Crippen LogP contribution in [0, 0.1) is 5.92 Å². The summed E-state index contributed by atoms with van der Waals surface area (Å²) >= 11 is 0. The lowest BCUT2D eigenvalue weighted by atomic mass is 9.75. The minimum atomic E-state index is -1.13. The molecule has 1 unspecified atom stereocenters. The van der Waals surface area contributed by atoms with E-state index in [0.717, 1.165) is 51.6 Å². The fourth-order valence-electron chi connectivity index (χ4n) is 5.31. The Morgan fingerprint density at radius 3 is 2.50 bits per heavy atom. The quantitative estimate of drug-likeness (QED) is 0.696. The van der Waals surface area contributed by atoms with Gasteiger partial charge in [-0.3, -0.25) is 19.3 Å². The number of benzene rings is 1. The Morgan fingerprint density at radius 2 is 1.83 bits per heavy atom. The van der Waals surface area contributed by atoms with Crippen LogP contribution in [0.25, 0.3) is 0 Å². The third kappa shape index (κ3) is 3.72. The maximum absolute atomic E-state index is 13.8. The highest BCUT2D eigenvalue weighted by molar-refractivity contribution is 6.11. The molecule has 1 aromatic rings. The number of nitrogens with zero attached hydrogens (tertiary/aromatic N) is 2. The molecule has 0 spiro atoms. The summed E-state index contributed by atoms with van der Waals surface area (Å²) in [4.78, 5) is 43.5. The lowest BCUT2D eigenvalue weighted by molar-refractivity contribution is -0.145. The molecule has 0 aromatic heterocycles. The average molecular weight is 413 g/mol. The lowest BCUT2D eigenvalue weighted by Gasteiger charge is -2.34. The van der Waals surface area contributed by atoms with E-state index in [1.807, 2.05) is 29.2 Å². The van der Waals surface area contributed by atoms with Crippen LogP contribution in [-0.4, -0.2) is 53.8 Å². The molecule has 6 nitrogen and oxygen atoms in total. The van der Waals surface area contributed by atoms with E-state index >= 15 is 0 Å². The Balaban J connectivity index is 1.67. The first-order valence-electron chi connectivity index (χ1n) is 11.2. The molecule has 30 heavy (non-hydrogen) atoms. The molecule has 3 fully saturated rings. The summed E-state index contributed by atoms with van der Waals surface area (Å²) < 4.78 is 5.38. The third-order valence-corrected chi connectivity index (χ3v) is 7.25. The Hall–Kier alpha value is -2.37. The van der Waals surface area contributed by atoms with E-state index in [0.29, 0.717) is 17.2 Å². The van der Waals surface area contributed by atoms with Gasteiger partial charge in [0.25, 0.3) is 0 Å². The molecule has 3 amide bonds. The molecule has 1 aromatic carbocycles. The molecule has 0 N–H and O–H groups in total. The molecule has 162 valence electrons. The summed E-state index contributed by atoms with van der Waals surface area (Å²) in [5, 5.41) is 0. The highest BCUT2D eigenvalue weighted by Crippen LogP contribution is 2.44. The summed E-state index contributed by atoms with van der Waals surface area (Å²) in [5.41, 5.74) is -0.423. The van der Waals surface area contributed by atoms with Crippen molar-refractivity contribution in [3.8, 4) is 5.75 Å². The first-order valence-corrected chi connectivity index (χ1v) is 11.2. The number of methoxy groups -OCH3 is 1. The van der Waals surface area contributed by atoms with Crippen molar-refractivity contribution in [3.63, 3.8) is 0 Å². The number of imide groups is 1. The summed E-state index contributed by atoms with van der Waals surface area (Å²) in [6, 6.07) is 7.30. The van der Waals surface area contributed by atoms with Gasteiger partial charge in [-0.1, -0.05) is 31.9 Å². The van der Waals surface area contributed by atoms with E-state index in [1.165, 1.54) is 4.90 Å². The number of likely N-dealkylation sites (tertiary alicyclic amines) is 2. The molecule has 4 rings (SSSR count). The smallest absolute Gasteiger partial charge is 0.241 e. The van der Waals surface area contributed by atoms with Gasteiger partial charge in [0.05, 0.1) is 12.5 Å². The van der Waals surface area contributed by atoms with Gasteiger partial charge in [-0.2, -0.15) is 0 Å². The Kier molecular flexibility index (Phi) is 5.85. The molecule has 2 aliphatic heterocycles.